The number of phenols is 1. The van der Waals surface area contributed by atoms with Crippen LogP contribution in [-0.2, 0) is 11.3 Å². The summed E-state index contributed by atoms with van der Waals surface area (Å²) in [5.41, 5.74) is 0.761. The molecule has 1 aromatic heterocycles. The molecule has 1 fully saturated rings. The molecule has 2 aromatic rings. The molecule has 3 rings (SSSR count). The molecule has 0 amide bonds. The highest BCUT2D eigenvalue weighted by Crippen LogP contribution is 2.34. The Morgan fingerprint density at radius 2 is 2.10 bits per heavy atom. The van der Waals surface area contributed by atoms with Crippen molar-refractivity contribution in [1.29, 1.82) is 0 Å². The van der Waals surface area contributed by atoms with Crippen LogP contribution in [0, 0.1) is 5.92 Å². The van der Waals surface area contributed by atoms with Crippen LogP contribution in [0.25, 0.3) is 0 Å². The highest BCUT2D eigenvalue weighted by atomic mass is 16.5. The maximum Gasteiger partial charge on any atom is 0.304 e. The number of carboxylic acid groups (broad SMARTS) is 1. The molecular formula is C22H33N5O4. The predicted molar refractivity (Wildman–Crippen MR) is 115 cm³/mol. The van der Waals surface area contributed by atoms with Crippen LogP contribution in [-0.4, -0.2) is 49.5 Å². The molecule has 1 saturated carbocycles. The summed E-state index contributed by atoms with van der Waals surface area (Å²) in [5.74, 6) is 0.461. The summed E-state index contributed by atoms with van der Waals surface area (Å²) in [5, 5.41) is 35.8. The van der Waals surface area contributed by atoms with Gasteiger partial charge in [-0.05, 0) is 53.3 Å². The van der Waals surface area contributed by atoms with Gasteiger partial charge in [-0.2, -0.15) is 0 Å². The number of aryl methyl sites for hydroxylation is 1. The Kier molecular flexibility index (Phi) is 8.22. The van der Waals surface area contributed by atoms with E-state index in [1.807, 2.05) is 6.07 Å². The second-order valence-electron chi connectivity index (χ2n) is 8.25. The Labute approximate surface area is 182 Å². The first kappa shape index (κ1) is 23.0. The largest absolute Gasteiger partial charge is 0.504 e. The van der Waals surface area contributed by atoms with Crippen molar-refractivity contribution in [2.75, 3.05) is 7.11 Å². The fourth-order valence-electron chi connectivity index (χ4n) is 4.39. The Balaban J connectivity index is 1.97. The van der Waals surface area contributed by atoms with Crippen molar-refractivity contribution >= 4 is 5.97 Å². The van der Waals surface area contributed by atoms with Gasteiger partial charge in [0.25, 0.3) is 0 Å². The van der Waals surface area contributed by atoms with Crippen LogP contribution in [0.4, 0.5) is 0 Å². The van der Waals surface area contributed by atoms with Gasteiger partial charge in [0.1, 0.15) is 0 Å². The normalized spacial score (nSPS) is 16.7. The molecule has 0 radical (unpaired) electrons. The smallest absolute Gasteiger partial charge is 0.304 e. The second-order valence-corrected chi connectivity index (χ2v) is 8.25. The summed E-state index contributed by atoms with van der Waals surface area (Å²) in [6.07, 6.45) is 7.40. The zero-order valence-electron chi connectivity index (χ0n) is 18.3. The SMILES string of the molecule is CCCCn1nnnc1C(NC(CC(=O)O)C1CCCCC1)c1ccc(OC)c(O)c1. The molecule has 0 saturated heterocycles. The Hall–Kier alpha value is -2.68. The molecule has 31 heavy (non-hydrogen) atoms. The third-order valence-corrected chi connectivity index (χ3v) is 6.07. The van der Waals surface area contributed by atoms with Crippen molar-refractivity contribution in [1.82, 2.24) is 25.5 Å². The lowest BCUT2D eigenvalue weighted by molar-refractivity contribution is -0.138. The molecular weight excluding hydrogens is 398 g/mol. The number of nitrogens with one attached hydrogen (secondary N) is 1. The first-order valence-corrected chi connectivity index (χ1v) is 11.1. The van der Waals surface area contributed by atoms with E-state index in [-0.39, 0.29) is 24.1 Å². The zero-order valence-corrected chi connectivity index (χ0v) is 18.3. The van der Waals surface area contributed by atoms with Gasteiger partial charge in [0, 0.05) is 12.6 Å². The Bertz CT molecular complexity index is 850. The van der Waals surface area contributed by atoms with Crippen LogP contribution in [0.2, 0.25) is 0 Å². The maximum absolute atomic E-state index is 11.7. The van der Waals surface area contributed by atoms with Gasteiger partial charge in [-0.15, -0.1) is 5.10 Å². The van der Waals surface area contributed by atoms with Crippen molar-refractivity contribution < 1.29 is 19.7 Å². The lowest BCUT2D eigenvalue weighted by Crippen LogP contribution is -2.42. The number of carbonyl (C=O) groups is 1. The highest BCUT2D eigenvalue weighted by molar-refractivity contribution is 5.67. The van der Waals surface area contributed by atoms with Crippen LogP contribution in [0.3, 0.4) is 0 Å². The van der Waals surface area contributed by atoms with Gasteiger partial charge in [-0.3, -0.25) is 10.1 Å². The molecule has 170 valence electrons. The Morgan fingerprint density at radius 3 is 2.74 bits per heavy atom. The number of tetrazole rings is 1. The summed E-state index contributed by atoms with van der Waals surface area (Å²) >= 11 is 0. The van der Waals surface area contributed by atoms with Crippen molar-refractivity contribution in [2.45, 2.75) is 76.9 Å². The van der Waals surface area contributed by atoms with E-state index >= 15 is 0 Å². The molecule has 0 aliphatic heterocycles. The fraction of sp³-hybridized carbons (Fsp3) is 0.636. The van der Waals surface area contributed by atoms with E-state index in [1.165, 1.54) is 13.5 Å². The number of hydrogen-bond acceptors (Lipinski definition) is 7. The predicted octanol–water partition coefficient (Wildman–Crippen LogP) is 3.29. The maximum atomic E-state index is 11.7. The Morgan fingerprint density at radius 1 is 1.32 bits per heavy atom. The molecule has 9 nitrogen and oxygen atoms in total. The number of benzene rings is 1. The summed E-state index contributed by atoms with van der Waals surface area (Å²) < 4.78 is 6.95. The highest BCUT2D eigenvalue weighted by Gasteiger charge is 2.31. The molecule has 2 unspecified atom stereocenters. The van der Waals surface area contributed by atoms with Gasteiger partial charge >= 0.3 is 5.97 Å². The van der Waals surface area contributed by atoms with Crippen molar-refractivity contribution in [3.8, 4) is 11.5 Å². The number of ether oxygens (including phenoxy) is 1. The van der Waals surface area contributed by atoms with E-state index in [9.17, 15) is 15.0 Å². The average molecular weight is 432 g/mol. The molecule has 1 aliphatic carbocycles. The number of carboxylic acids is 1. The number of unbranched alkanes of at least 4 members (excludes halogenated alkanes) is 1. The van der Waals surface area contributed by atoms with Crippen LogP contribution in [0.1, 0.15) is 75.7 Å². The summed E-state index contributed by atoms with van der Waals surface area (Å²) in [6.45, 7) is 2.78. The van der Waals surface area contributed by atoms with E-state index in [2.05, 4.69) is 27.8 Å². The average Bonchev–Trinajstić information content (AvgIpc) is 3.23. The molecule has 1 heterocycles. The van der Waals surface area contributed by atoms with Gasteiger partial charge in [0.05, 0.1) is 19.6 Å². The number of nitrogens with zero attached hydrogens (tertiary/aromatic N) is 4. The number of rotatable bonds is 11. The first-order chi connectivity index (χ1) is 15.0. The lowest BCUT2D eigenvalue weighted by atomic mass is 9.82. The van der Waals surface area contributed by atoms with Crippen LogP contribution in [0.5, 0.6) is 11.5 Å². The second kappa shape index (κ2) is 11.1. The molecule has 1 aromatic carbocycles. The van der Waals surface area contributed by atoms with Gasteiger partial charge in [0.2, 0.25) is 0 Å². The van der Waals surface area contributed by atoms with E-state index in [1.54, 1.807) is 16.8 Å². The first-order valence-electron chi connectivity index (χ1n) is 11.1. The molecule has 9 heteroatoms. The van der Waals surface area contributed by atoms with E-state index in [0.29, 0.717) is 18.1 Å². The van der Waals surface area contributed by atoms with Gasteiger partial charge in [-0.1, -0.05) is 38.7 Å². The van der Waals surface area contributed by atoms with Crippen LogP contribution < -0.4 is 10.1 Å². The minimum atomic E-state index is -0.829. The molecule has 1 aliphatic rings. The molecule has 3 N–H and O–H groups in total. The van der Waals surface area contributed by atoms with E-state index in [4.69, 9.17) is 4.74 Å². The van der Waals surface area contributed by atoms with Crippen molar-refractivity contribution in [3.63, 3.8) is 0 Å². The topological polar surface area (TPSA) is 122 Å². The van der Waals surface area contributed by atoms with Gasteiger partial charge in [0.15, 0.2) is 17.3 Å². The summed E-state index contributed by atoms with van der Waals surface area (Å²) in [6, 6.07) is 4.52. The number of phenolic OH excluding ortho intramolecular Hbond substituents is 1. The zero-order chi connectivity index (χ0) is 22.2. The number of aliphatic carboxylic acids is 1. The van der Waals surface area contributed by atoms with Crippen LogP contribution in [0.15, 0.2) is 18.2 Å². The number of aromatic hydroxyl groups is 1. The fourth-order valence-corrected chi connectivity index (χ4v) is 4.39. The monoisotopic (exact) mass is 431 g/mol. The molecule has 2 atom stereocenters. The standard InChI is InChI=1S/C22H33N5O4/c1-3-4-12-27-22(24-25-26-27)21(16-10-11-19(31-2)18(28)13-16)23-17(14-20(29)30)15-8-6-5-7-9-15/h10-11,13,15,17,21,23,28H,3-9,12,14H2,1-2H3,(H,29,30). The van der Waals surface area contributed by atoms with E-state index < -0.39 is 12.0 Å². The van der Waals surface area contributed by atoms with Crippen molar-refractivity contribution in [2.24, 2.45) is 5.92 Å². The lowest BCUT2D eigenvalue weighted by Gasteiger charge is -2.33. The number of hydrogen-bond donors (Lipinski definition) is 3. The summed E-state index contributed by atoms with van der Waals surface area (Å²) in [4.78, 5) is 11.7. The van der Waals surface area contributed by atoms with Gasteiger partial charge < -0.3 is 14.9 Å². The van der Waals surface area contributed by atoms with Crippen LogP contribution >= 0.6 is 0 Å². The van der Waals surface area contributed by atoms with Gasteiger partial charge in [-0.25, -0.2) is 4.68 Å². The summed E-state index contributed by atoms with van der Waals surface area (Å²) in [7, 11) is 1.50. The third kappa shape index (κ3) is 5.94. The quantitative estimate of drug-likeness (QED) is 0.495. The minimum absolute atomic E-state index is 0.0202. The molecule has 0 bridgehead atoms. The number of aromatic nitrogens is 4. The minimum Gasteiger partial charge on any atom is -0.504 e. The molecule has 0 spiro atoms. The van der Waals surface area contributed by atoms with Crippen molar-refractivity contribution in [3.05, 3.63) is 29.6 Å². The third-order valence-electron chi connectivity index (χ3n) is 6.07. The number of methoxy groups -OCH3 is 1. The van der Waals surface area contributed by atoms with E-state index in [0.717, 1.165) is 44.1 Å².